The monoisotopic (exact) mass is 316 g/mol. The van der Waals surface area contributed by atoms with Crippen LogP contribution in [0.2, 0.25) is 0 Å². The Bertz CT molecular complexity index is 697. The molecule has 1 N–H and O–H groups in total. The number of amides is 1. The fourth-order valence-electron chi connectivity index (χ4n) is 2.79. The molecule has 0 aromatic carbocycles. The van der Waals surface area contributed by atoms with E-state index >= 15 is 0 Å². The molecule has 2 aromatic heterocycles. The number of thiophene rings is 1. The van der Waals surface area contributed by atoms with Crippen LogP contribution in [-0.4, -0.2) is 20.7 Å². The Morgan fingerprint density at radius 1 is 1.32 bits per heavy atom. The van der Waals surface area contributed by atoms with Crippen LogP contribution >= 0.6 is 11.3 Å². The number of nitrogens with zero attached hydrogens (tertiary/aromatic N) is 3. The minimum absolute atomic E-state index is 0.0557. The summed E-state index contributed by atoms with van der Waals surface area (Å²) < 4.78 is 2.28. The van der Waals surface area contributed by atoms with E-state index in [9.17, 15) is 4.79 Å². The Balaban J connectivity index is 1.40. The van der Waals surface area contributed by atoms with Crippen LogP contribution < -0.4 is 5.32 Å². The van der Waals surface area contributed by atoms with Gasteiger partial charge in [-0.1, -0.05) is 0 Å². The summed E-state index contributed by atoms with van der Waals surface area (Å²) in [6, 6.07) is 4.65. The van der Waals surface area contributed by atoms with Crippen molar-refractivity contribution >= 4 is 17.2 Å². The van der Waals surface area contributed by atoms with Crippen LogP contribution in [-0.2, 0) is 17.8 Å². The molecule has 2 aliphatic carbocycles. The zero-order chi connectivity index (χ0) is 15.1. The number of rotatable bonds is 6. The molecule has 2 saturated carbocycles. The smallest absolute Gasteiger partial charge is 0.225 e. The van der Waals surface area contributed by atoms with E-state index in [1.165, 1.54) is 30.6 Å². The minimum atomic E-state index is 0.0557. The zero-order valence-electron chi connectivity index (χ0n) is 12.7. The summed E-state index contributed by atoms with van der Waals surface area (Å²) in [6.07, 6.45) is 5.34. The van der Waals surface area contributed by atoms with Crippen molar-refractivity contribution in [2.45, 2.75) is 57.5 Å². The molecule has 2 fully saturated rings. The lowest BCUT2D eigenvalue weighted by Crippen LogP contribution is -2.26. The molecular formula is C16H20N4OS. The van der Waals surface area contributed by atoms with Crippen molar-refractivity contribution in [3.05, 3.63) is 33.5 Å². The molecule has 0 unspecified atom stereocenters. The highest BCUT2D eigenvalue weighted by Gasteiger charge is 2.36. The predicted octanol–water partition coefficient (Wildman–Crippen LogP) is 2.72. The Labute approximate surface area is 133 Å². The normalized spacial score (nSPS) is 17.7. The number of hydrogen-bond donors (Lipinski definition) is 1. The lowest BCUT2D eigenvalue weighted by molar-refractivity contribution is -0.120. The summed E-state index contributed by atoms with van der Waals surface area (Å²) in [5, 5.41) is 11.7. The third-order valence-corrected chi connectivity index (χ3v) is 5.22. The van der Waals surface area contributed by atoms with E-state index in [1.807, 2.05) is 6.07 Å². The van der Waals surface area contributed by atoms with E-state index in [-0.39, 0.29) is 5.91 Å². The fourth-order valence-corrected chi connectivity index (χ4v) is 3.68. The second kappa shape index (κ2) is 5.50. The first-order valence-corrected chi connectivity index (χ1v) is 8.78. The van der Waals surface area contributed by atoms with Crippen molar-refractivity contribution < 1.29 is 4.79 Å². The van der Waals surface area contributed by atoms with E-state index in [2.05, 4.69) is 33.1 Å². The number of carbonyl (C=O) groups is 1. The van der Waals surface area contributed by atoms with Gasteiger partial charge in [0.15, 0.2) is 5.82 Å². The highest BCUT2D eigenvalue weighted by molar-refractivity contribution is 7.12. The van der Waals surface area contributed by atoms with Gasteiger partial charge in [0, 0.05) is 21.7 Å². The van der Waals surface area contributed by atoms with Crippen LogP contribution in [0.15, 0.2) is 12.1 Å². The molecule has 0 radical (unpaired) electrons. The molecule has 116 valence electrons. The van der Waals surface area contributed by atoms with E-state index in [0.717, 1.165) is 16.5 Å². The zero-order valence-corrected chi connectivity index (χ0v) is 13.5. The summed E-state index contributed by atoms with van der Waals surface area (Å²) in [5.41, 5.74) is 0. The van der Waals surface area contributed by atoms with Gasteiger partial charge in [0.25, 0.3) is 0 Å². The van der Waals surface area contributed by atoms with Crippen LogP contribution in [0.4, 0.5) is 0 Å². The van der Waals surface area contributed by atoms with E-state index < -0.39 is 0 Å². The lowest BCUT2D eigenvalue weighted by atomic mass is 10.3. The molecule has 0 atom stereocenters. The van der Waals surface area contributed by atoms with Gasteiger partial charge in [0.2, 0.25) is 5.91 Å². The van der Waals surface area contributed by atoms with Crippen molar-refractivity contribution in [3.63, 3.8) is 0 Å². The van der Waals surface area contributed by atoms with Gasteiger partial charge in [-0.3, -0.25) is 4.79 Å². The molecule has 4 rings (SSSR count). The standard InChI is InChI=1S/C16H20N4OS/c1-10-2-7-13(22-10)8-15(21)17-9-14-18-19-16(11-3-4-11)20(14)12-5-6-12/h2,7,11-12H,3-6,8-9H2,1H3,(H,17,21). The van der Waals surface area contributed by atoms with Crippen molar-refractivity contribution in [3.8, 4) is 0 Å². The molecule has 2 heterocycles. The van der Waals surface area contributed by atoms with Crippen LogP contribution in [0.25, 0.3) is 0 Å². The molecule has 1 amide bonds. The molecule has 2 aromatic rings. The Morgan fingerprint density at radius 3 is 2.77 bits per heavy atom. The van der Waals surface area contributed by atoms with Crippen molar-refractivity contribution in [2.24, 2.45) is 0 Å². The highest BCUT2D eigenvalue weighted by Crippen LogP contribution is 2.44. The molecule has 5 nitrogen and oxygen atoms in total. The summed E-state index contributed by atoms with van der Waals surface area (Å²) in [5.74, 6) is 2.72. The van der Waals surface area contributed by atoms with E-state index in [1.54, 1.807) is 11.3 Å². The molecular weight excluding hydrogens is 296 g/mol. The summed E-state index contributed by atoms with van der Waals surface area (Å²) >= 11 is 1.68. The third kappa shape index (κ3) is 2.92. The van der Waals surface area contributed by atoms with Crippen molar-refractivity contribution in [2.75, 3.05) is 0 Å². The average Bonchev–Trinajstić information content (AvgIpc) is 3.42. The first-order chi connectivity index (χ1) is 10.7. The van der Waals surface area contributed by atoms with Gasteiger partial charge < -0.3 is 9.88 Å². The van der Waals surface area contributed by atoms with Crippen molar-refractivity contribution in [1.82, 2.24) is 20.1 Å². The highest BCUT2D eigenvalue weighted by atomic mass is 32.1. The lowest BCUT2D eigenvalue weighted by Gasteiger charge is -2.09. The van der Waals surface area contributed by atoms with E-state index in [4.69, 9.17) is 0 Å². The molecule has 0 bridgehead atoms. The fraction of sp³-hybridized carbons (Fsp3) is 0.562. The molecule has 6 heteroatoms. The Kier molecular flexibility index (Phi) is 3.48. The second-order valence-corrected chi connectivity index (χ2v) is 7.69. The van der Waals surface area contributed by atoms with Gasteiger partial charge in [0.1, 0.15) is 5.82 Å². The van der Waals surface area contributed by atoms with E-state index in [0.29, 0.717) is 24.9 Å². The average molecular weight is 316 g/mol. The van der Waals surface area contributed by atoms with Crippen LogP contribution in [0.3, 0.4) is 0 Å². The Morgan fingerprint density at radius 2 is 2.14 bits per heavy atom. The molecule has 0 spiro atoms. The largest absolute Gasteiger partial charge is 0.348 e. The first kappa shape index (κ1) is 13.9. The molecule has 0 saturated heterocycles. The first-order valence-electron chi connectivity index (χ1n) is 7.96. The number of carbonyl (C=O) groups excluding carboxylic acids is 1. The van der Waals surface area contributed by atoms with Gasteiger partial charge in [-0.2, -0.15) is 0 Å². The maximum Gasteiger partial charge on any atom is 0.225 e. The topological polar surface area (TPSA) is 59.8 Å². The van der Waals surface area contributed by atoms with Crippen LogP contribution in [0.5, 0.6) is 0 Å². The maximum atomic E-state index is 12.1. The van der Waals surface area contributed by atoms with Gasteiger partial charge in [0.05, 0.1) is 13.0 Å². The Hall–Kier alpha value is -1.69. The predicted molar refractivity (Wildman–Crippen MR) is 84.9 cm³/mol. The molecule has 2 aliphatic rings. The maximum absolute atomic E-state index is 12.1. The summed E-state index contributed by atoms with van der Waals surface area (Å²) in [7, 11) is 0. The van der Waals surface area contributed by atoms with Gasteiger partial charge in [-0.15, -0.1) is 21.5 Å². The van der Waals surface area contributed by atoms with Crippen molar-refractivity contribution in [1.29, 1.82) is 0 Å². The molecule has 22 heavy (non-hydrogen) atoms. The van der Waals surface area contributed by atoms with Gasteiger partial charge in [-0.05, 0) is 44.7 Å². The second-order valence-electron chi connectivity index (χ2n) is 6.32. The number of aromatic nitrogens is 3. The summed E-state index contributed by atoms with van der Waals surface area (Å²) in [4.78, 5) is 14.4. The SMILES string of the molecule is Cc1ccc(CC(=O)NCc2nnc(C3CC3)n2C2CC2)s1. The summed E-state index contributed by atoms with van der Waals surface area (Å²) in [6.45, 7) is 2.54. The van der Waals surface area contributed by atoms with Crippen LogP contribution in [0.1, 0.15) is 59.0 Å². The third-order valence-electron chi connectivity index (χ3n) is 4.22. The molecule has 0 aliphatic heterocycles. The number of nitrogens with one attached hydrogen (secondary N) is 1. The number of hydrogen-bond acceptors (Lipinski definition) is 4. The quantitative estimate of drug-likeness (QED) is 0.891. The van der Waals surface area contributed by atoms with Gasteiger partial charge in [-0.25, -0.2) is 0 Å². The van der Waals surface area contributed by atoms with Crippen LogP contribution in [0, 0.1) is 6.92 Å². The van der Waals surface area contributed by atoms with Gasteiger partial charge >= 0.3 is 0 Å². The number of aryl methyl sites for hydroxylation is 1. The minimum Gasteiger partial charge on any atom is -0.348 e.